The van der Waals surface area contributed by atoms with E-state index in [0.29, 0.717) is 22.4 Å². The summed E-state index contributed by atoms with van der Waals surface area (Å²) in [4.78, 5) is 19.6. The van der Waals surface area contributed by atoms with Gasteiger partial charge in [-0.15, -0.1) is 0 Å². The lowest BCUT2D eigenvalue weighted by Crippen LogP contribution is -2.40. The summed E-state index contributed by atoms with van der Waals surface area (Å²) in [6, 6.07) is -0.473. The van der Waals surface area contributed by atoms with Gasteiger partial charge in [-0.1, -0.05) is 25.4 Å². The highest BCUT2D eigenvalue weighted by Crippen LogP contribution is 2.21. The Kier molecular flexibility index (Phi) is 4.28. The first kappa shape index (κ1) is 13.7. The van der Waals surface area contributed by atoms with Crippen LogP contribution in [0.25, 0.3) is 0 Å². The topological polar surface area (TPSA) is 80.9 Å². The van der Waals surface area contributed by atoms with E-state index in [2.05, 4.69) is 15.3 Å². The Morgan fingerprint density at radius 3 is 2.41 bits per heavy atom. The molecule has 6 heteroatoms. The molecule has 1 heterocycles. The fraction of sp³-hybridized carbons (Fsp3) is 0.545. The number of aromatic nitrogens is 2. The standard InChI is InChI=1S/C11H17ClN4O/c1-5(2)8(10(13)17)16-11-6(3)9(12)14-7(4)15-11/h5,8H,1-4H3,(H2,13,17)(H,14,15,16). The molecule has 0 radical (unpaired) electrons. The van der Waals surface area contributed by atoms with Gasteiger partial charge in [0.05, 0.1) is 0 Å². The third-order valence-electron chi connectivity index (χ3n) is 2.46. The van der Waals surface area contributed by atoms with Crippen LogP contribution in [0.1, 0.15) is 25.2 Å². The quantitative estimate of drug-likeness (QED) is 0.803. The molecule has 0 saturated heterocycles. The third-order valence-corrected chi connectivity index (χ3v) is 2.83. The number of rotatable bonds is 4. The summed E-state index contributed by atoms with van der Waals surface area (Å²) in [6.45, 7) is 7.36. The fourth-order valence-electron chi connectivity index (χ4n) is 1.45. The summed E-state index contributed by atoms with van der Waals surface area (Å²) < 4.78 is 0. The van der Waals surface area contributed by atoms with Crippen molar-refractivity contribution in [1.82, 2.24) is 9.97 Å². The zero-order valence-corrected chi connectivity index (χ0v) is 11.2. The van der Waals surface area contributed by atoms with E-state index in [1.165, 1.54) is 0 Å². The number of nitrogens with zero attached hydrogens (tertiary/aromatic N) is 2. The van der Waals surface area contributed by atoms with Crippen LogP contribution in [-0.2, 0) is 4.79 Å². The van der Waals surface area contributed by atoms with Gasteiger partial charge in [-0.3, -0.25) is 4.79 Å². The predicted octanol–water partition coefficient (Wildman–Crippen LogP) is 1.67. The number of aryl methyl sites for hydroxylation is 1. The zero-order chi connectivity index (χ0) is 13.2. The van der Waals surface area contributed by atoms with Crippen LogP contribution < -0.4 is 11.1 Å². The molecule has 0 fully saturated rings. The molecule has 1 rings (SSSR count). The minimum absolute atomic E-state index is 0.0703. The zero-order valence-electron chi connectivity index (χ0n) is 10.4. The first-order chi connectivity index (χ1) is 7.82. The number of primary amides is 1. The Labute approximate surface area is 106 Å². The van der Waals surface area contributed by atoms with Crippen LogP contribution in [0.5, 0.6) is 0 Å². The number of hydrogen-bond acceptors (Lipinski definition) is 4. The Morgan fingerprint density at radius 2 is 1.94 bits per heavy atom. The van der Waals surface area contributed by atoms with Gasteiger partial charge >= 0.3 is 0 Å². The van der Waals surface area contributed by atoms with E-state index in [0.717, 1.165) is 0 Å². The summed E-state index contributed by atoms with van der Waals surface area (Å²) in [7, 11) is 0. The van der Waals surface area contributed by atoms with Crippen LogP contribution in [-0.4, -0.2) is 21.9 Å². The molecule has 17 heavy (non-hydrogen) atoms. The molecular formula is C11H17ClN4O. The fourth-order valence-corrected chi connectivity index (χ4v) is 1.66. The molecule has 1 amide bonds. The maximum atomic E-state index is 11.3. The van der Waals surface area contributed by atoms with E-state index in [1.807, 2.05) is 13.8 Å². The van der Waals surface area contributed by atoms with Crippen LogP contribution in [0, 0.1) is 19.8 Å². The number of carbonyl (C=O) groups excluding carboxylic acids is 1. The van der Waals surface area contributed by atoms with E-state index in [4.69, 9.17) is 17.3 Å². The van der Waals surface area contributed by atoms with Crippen molar-refractivity contribution >= 4 is 23.3 Å². The third kappa shape index (κ3) is 3.30. The van der Waals surface area contributed by atoms with E-state index in [9.17, 15) is 4.79 Å². The molecule has 1 aromatic rings. The largest absolute Gasteiger partial charge is 0.368 e. The number of anilines is 1. The molecule has 0 aromatic carbocycles. The first-order valence-electron chi connectivity index (χ1n) is 5.39. The van der Waals surface area contributed by atoms with E-state index >= 15 is 0 Å². The molecule has 1 aromatic heterocycles. The van der Waals surface area contributed by atoms with Crippen molar-refractivity contribution in [3.63, 3.8) is 0 Å². The minimum atomic E-state index is -0.473. The summed E-state index contributed by atoms with van der Waals surface area (Å²) in [5, 5.41) is 3.40. The summed E-state index contributed by atoms with van der Waals surface area (Å²) in [6.07, 6.45) is 0. The summed E-state index contributed by atoms with van der Waals surface area (Å²) in [5.74, 6) is 0.766. The molecule has 1 unspecified atom stereocenters. The Hall–Kier alpha value is -1.36. The molecule has 0 aliphatic heterocycles. The van der Waals surface area contributed by atoms with Gasteiger partial charge in [0.1, 0.15) is 22.8 Å². The number of halogens is 1. The lowest BCUT2D eigenvalue weighted by molar-refractivity contribution is -0.119. The Morgan fingerprint density at radius 1 is 1.35 bits per heavy atom. The molecule has 0 aliphatic carbocycles. The number of hydrogen-bond donors (Lipinski definition) is 2. The Balaban J connectivity index is 3.05. The van der Waals surface area contributed by atoms with Crippen LogP contribution in [0.4, 0.5) is 5.82 Å². The second-order valence-corrected chi connectivity index (χ2v) is 4.66. The highest BCUT2D eigenvalue weighted by Gasteiger charge is 2.21. The van der Waals surface area contributed by atoms with Crippen molar-refractivity contribution in [2.45, 2.75) is 33.7 Å². The van der Waals surface area contributed by atoms with Crippen LogP contribution in [0.3, 0.4) is 0 Å². The molecule has 3 N–H and O–H groups in total. The highest BCUT2D eigenvalue weighted by atomic mass is 35.5. The van der Waals surface area contributed by atoms with E-state index in [-0.39, 0.29) is 5.92 Å². The minimum Gasteiger partial charge on any atom is -0.368 e. The van der Waals surface area contributed by atoms with Crippen molar-refractivity contribution < 1.29 is 4.79 Å². The van der Waals surface area contributed by atoms with Gasteiger partial charge in [0, 0.05) is 5.56 Å². The monoisotopic (exact) mass is 256 g/mol. The van der Waals surface area contributed by atoms with Gasteiger partial charge in [-0.25, -0.2) is 9.97 Å². The van der Waals surface area contributed by atoms with E-state index in [1.54, 1.807) is 13.8 Å². The average Bonchev–Trinajstić information content (AvgIpc) is 2.19. The van der Waals surface area contributed by atoms with E-state index < -0.39 is 11.9 Å². The first-order valence-corrected chi connectivity index (χ1v) is 5.77. The molecule has 0 saturated carbocycles. The van der Waals surface area contributed by atoms with Gasteiger partial charge in [-0.05, 0) is 19.8 Å². The van der Waals surface area contributed by atoms with Gasteiger partial charge in [0.15, 0.2) is 0 Å². The van der Waals surface area contributed by atoms with Crippen molar-refractivity contribution in [2.75, 3.05) is 5.32 Å². The van der Waals surface area contributed by atoms with Crippen molar-refractivity contribution in [3.05, 3.63) is 16.5 Å². The van der Waals surface area contributed by atoms with Crippen molar-refractivity contribution in [2.24, 2.45) is 11.7 Å². The highest BCUT2D eigenvalue weighted by molar-refractivity contribution is 6.30. The lowest BCUT2D eigenvalue weighted by atomic mass is 10.0. The van der Waals surface area contributed by atoms with Gasteiger partial charge in [0.25, 0.3) is 0 Å². The average molecular weight is 257 g/mol. The van der Waals surface area contributed by atoms with Crippen LogP contribution in [0.2, 0.25) is 5.15 Å². The van der Waals surface area contributed by atoms with Gasteiger partial charge in [-0.2, -0.15) is 0 Å². The van der Waals surface area contributed by atoms with Crippen molar-refractivity contribution in [1.29, 1.82) is 0 Å². The van der Waals surface area contributed by atoms with Crippen LogP contribution >= 0.6 is 11.6 Å². The predicted molar refractivity (Wildman–Crippen MR) is 68.0 cm³/mol. The SMILES string of the molecule is Cc1nc(Cl)c(C)c(NC(C(N)=O)C(C)C)n1. The van der Waals surface area contributed by atoms with Crippen LogP contribution in [0.15, 0.2) is 0 Å². The summed E-state index contributed by atoms with van der Waals surface area (Å²) in [5.41, 5.74) is 6.05. The second kappa shape index (κ2) is 5.31. The molecule has 5 nitrogen and oxygen atoms in total. The molecule has 94 valence electrons. The number of carbonyl (C=O) groups is 1. The lowest BCUT2D eigenvalue weighted by Gasteiger charge is -2.21. The number of amides is 1. The van der Waals surface area contributed by atoms with Gasteiger partial charge < -0.3 is 11.1 Å². The Bertz CT molecular complexity index is 434. The molecular weight excluding hydrogens is 240 g/mol. The summed E-state index contributed by atoms with van der Waals surface area (Å²) >= 11 is 5.95. The maximum absolute atomic E-state index is 11.3. The second-order valence-electron chi connectivity index (χ2n) is 4.30. The molecule has 0 aliphatic rings. The number of nitrogens with two attached hydrogens (primary N) is 1. The van der Waals surface area contributed by atoms with Crippen molar-refractivity contribution in [3.8, 4) is 0 Å². The smallest absolute Gasteiger partial charge is 0.240 e. The molecule has 0 spiro atoms. The molecule has 0 bridgehead atoms. The normalized spacial score (nSPS) is 12.6. The maximum Gasteiger partial charge on any atom is 0.240 e. The molecule has 1 atom stereocenters. The van der Waals surface area contributed by atoms with Gasteiger partial charge in [0.2, 0.25) is 5.91 Å². The number of nitrogens with one attached hydrogen (secondary N) is 1.